The minimum atomic E-state index is -4.32. The summed E-state index contributed by atoms with van der Waals surface area (Å²) in [6, 6.07) is 3.59. The number of hydrogen-bond acceptors (Lipinski definition) is 1. The summed E-state index contributed by atoms with van der Waals surface area (Å²) in [6.45, 7) is 0. The predicted molar refractivity (Wildman–Crippen MR) is 70.7 cm³/mol. The molecule has 1 aromatic carbocycles. The molecule has 1 aromatic rings. The molecule has 6 heteroatoms. The summed E-state index contributed by atoms with van der Waals surface area (Å²) < 4.78 is 38.3. The summed E-state index contributed by atoms with van der Waals surface area (Å²) in [5.41, 5.74) is 5.84. The summed E-state index contributed by atoms with van der Waals surface area (Å²) in [6.07, 6.45) is -1.26. The van der Waals surface area contributed by atoms with Crippen LogP contribution in [0.4, 0.5) is 13.2 Å². The van der Waals surface area contributed by atoms with Crippen molar-refractivity contribution in [3.8, 4) is 0 Å². The van der Waals surface area contributed by atoms with Gasteiger partial charge in [-0.1, -0.05) is 28.8 Å². The standard InChI is InChI=1S/C12H13BrF3N.ClH/c13-10-5-8(11(17)3-7-1-2-7)4-9(6-10)12(14,15)16;/h4-7,11H,1-3,17H2;1H/t11-;/m0./s1. The molecule has 102 valence electrons. The van der Waals surface area contributed by atoms with Gasteiger partial charge in [0.05, 0.1) is 5.56 Å². The molecular weight excluding hydrogens is 330 g/mol. The van der Waals surface area contributed by atoms with Crippen LogP contribution in [-0.4, -0.2) is 0 Å². The van der Waals surface area contributed by atoms with E-state index in [9.17, 15) is 13.2 Å². The van der Waals surface area contributed by atoms with Crippen LogP contribution in [0.1, 0.15) is 36.4 Å². The second-order valence-corrected chi connectivity index (χ2v) is 5.47. The van der Waals surface area contributed by atoms with Gasteiger partial charge in [0.25, 0.3) is 0 Å². The van der Waals surface area contributed by atoms with Gasteiger partial charge in [0.2, 0.25) is 0 Å². The van der Waals surface area contributed by atoms with Crippen LogP contribution in [0.25, 0.3) is 0 Å². The Morgan fingerprint density at radius 2 is 1.89 bits per heavy atom. The van der Waals surface area contributed by atoms with E-state index >= 15 is 0 Å². The van der Waals surface area contributed by atoms with Gasteiger partial charge in [-0.25, -0.2) is 0 Å². The molecule has 0 heterocycles. The molecule has 1 saturated carbocycles. The lowest BCUT2D eigenvalue weighted by Gasteiger charge is -2.15. The topological polar surface area (TPSA) is 26.0 Å². The largest absolute Gasteiger partial charge is 0.416 e. The van der Waals surface area contributed by atoms with E-state index in [0.717, 1.165) is 31.4 Å². The zero-order chi connectivity index (χ0) is 12.6. The van der Waals surface area contributed by atoms with E-state index in [2.05, 4.69) is 15.9 Å². The van der Waals surface area contributed by atoms with E-state index in [0.29, 0.717) is 16.0 Å². The minimum absolute atomic E-state index is 0. The normalized spacial score (nSPS) is 17.2. The van der Waals surface area contributed by atoms with Crippen LogP contribution >= 0.6 is 28.3 Å². The van der Waals surface area contributed by atoms with Crippen molar-refractivity contribution in [3.63, 3.8) is 0 Å². The van der Waals surface area contributed by atoms with Gasteiger partial charge >= 0.3 is 6.18 Å². The average Bonchev–Trinajstić information content (AvgIpc) is 2.99. The maximum Gasteiger partial charge on any atom is 0.416 e. The summed E-state index contributed by atoms with van der Waals surface area (Å²) in [5.74, 6) is 0.596. The number of nitrogens with two attached hydrogens (primary N) is 1. The van der Waals surface area contributed by atoms with Crippen molar-refractivity contribution in [3.05, 3.63) is 33.8 Å². The van der Waals surface area contributed by atoms with E-state index in [1.807, 2.05) is 0 Å². The molecule has 0 unspecified atom stereocenters. The molecule has 0 aromatic heterocycles. The first-order valence-corrected chi connectivity index (χ1v) is 6.29. The lowest BCUT2D eigenvalue weighted by atomic mass is 10.00. The Labute approximate surface area is 118 Å². The summed E-state index contributed by atoms with van der Waals surface area (Å²) in [4.78, 5) is 0. The van der Waals surface area contributed by atoms with Crippen LogP contribution in [0.2, 0.25) is 0 Å². The van der Waals surface area contributed by atoms with E-state index in [1.165, 1.54) is 0 Å². The Kier molecular flexibility index (Phi) is 5.09. The van der Waals surface area contributed by atoms with E-state index < -0.39 is 11.7 Å². The number of benzene rings is 1. The molecule has 0 aliphatic heterocycles. The number of halogens is 5. The minimum Gasteiger partial charge on any atom is -0.324 e. The highest BCUT2D eigenvalue weighted by Crippen LogP contribution is 2.38. The maximum absolute atomic E-state index is 12.6. The van der Waals surface area contributed by atoms with Crippen LogP contribution in [-0.2, 0) is 6.18 Å². The lowest BCUT2D eigenvalue weighted by Crippen LogP contribution is -2.13. The molecule has 0 saturated heterocycles. The van der Waals surface area contributed by atoms with Crippen molar-refractivity contribution >= 4 is 28.3 Å². The first-order chi connectivity index (χ1) is 7.86. The van der Waals surface area contributed by atoms with Crippen molar-refractivity contribution in [2.75, 3.05) is 0 Å². The first kappa shape index (κ1) is 15.8. The molecule has 18 heavy (non-hydrogen) atoms. The van der Waals surface area contributed by atoms with Crippen LogP contribution < -0.4 is 5.73 Å². The smallest absolute Gasteiger partial charge is 0.324 e. The number of hydrogen-bond donors (Lipinski definition) is 1. The highest BCUT2D eigenvalue weighted by atomic mass is 79.9. The Morgan fingerprint density at radius 3 is 2.39 bits per heavy atom. The highest BCUT2D eigenvalue weighted by molar-refractivity contribution is 9.10. The maximum atomic E-state index is 12.6. The zero-order valence-electron chi connectivity index (χ0n) is 9.51. The van der Waals surface area contributed by atoms with E-state index in [1.54, 1.807) is 6.07 Å². The van der Waals surface area contributed by atoms with Crippen LogP contribution in [0.5, 0.6) is 0 Å². The fourth-order valence-corrected chi connectivity index (χ4v) is 2.35. The van der Waals surface area contributed by atoms with E-state index in [-0.39, 0.29) is 18.4 Å². The van der Waals surface area contributed by atoms with Crippen molar-refractivity contribution < 1.29 is 13.2 Å². The summed E-state index contributed by atoms with van der Waals surface area (Å²) in [5, 5.41) is 0. The zero-order valence-corrected chi connectivity index (χ0v) is 11.9. The van der Waals surface area contributed by atoms with Crippen molar-refractivity contribution in [2.45, 2.75) is 31.5 Å². The van der Waals surface area contributed by atoms with Crippen molar-refractivity contribution in [1.29, 1.82) is 0 Å². The molecule has 0 bridgehead atoms. The third-order valence-electron chi connectivity index (χ3n) is 2.96. The van der Waals surface area contributed by atoms with Gasteiger partial charge < -0.3 is 5.73 Å². The number of rotatable bonds is 3. The molecule has 1 aliphatic rings. The first-order valence-electron chi connectivity index (χ1n) is 5.49. The SMILES string of the molecule is Cl.N[C@@H](CC1CC1)c1cc(Br)cc(C(F)(F)F)c1. The summed E-state index contributed by atoms with van der Waals surface area (Å²) in [7, 11) is 0. The second-order valence-electron chi connectivity index (χ2n) is 4.56. The molecule has 1 atom stereocenters. The van der Waals surface area contributed by atoms with Crippen molar-refractivity contribution in [2.24, 2.45) is 11.7 Å². The van der Waals surface area contributed by atoms with Gasteiger partial charge in [-0.3, -0.25) is 0 Å². The Balaban J connectivity index is 0.00000162. The number of alkyl halides is 3. The van der Waals surface area contributed by atoms with Gasteiger partial charge in [0.15, 0.2) is 0 Å². The van der Waals surface area contributed by atoms with Gasteiger partial charge in [-0.15, -0.1) is 12.4 Å². The Bertz CT molecular complexity index is 418. The molecule has 2 rings (SSSR count). The quantitative estimate of drug-likeness (QED) is 0.846. The van der Waals surface area contributed by atoms with Gasteiger partial charge in [-0.2, -0.15) is 13.2 Å². The third-order valence-corrected chi connectivity index (χ3v) is 3.42. The summed E-state index contributed by atoms with van der Waals surface area (Å²) >= 11 is 3.10. The Morgan fingerprint density at radius 1 is 1.28 bits per heavy atom. The third kappa shape index (κ3) is 4.14. The molecule has 0 radical (unpaired) electrons. The van der Waals surface area contributed by atoms with E-state index in [4.69, 9.17) is 5.73 Å². The molecule has 0 spiro atoms. The highest BCUT2D eigenvalue weighted by Gasteiger charge is 2.32. The van der Waals surface area contributed by atoms with Crippen LogP contribution in [0.15, 0.2) is 22.7 Å². The van der Waals surface area contributed by atoms with Gasteiger partial charge in [0, 0.05) is 10.5 Å². The fraction of sp³-hybridized carbons (Fsp3) is 0.500. The Hall–Kier alpha value is -0.260. The molecular formula is C12H14BrClF3N. The molecule has 0 amide bonds. The molecule has 2 N–H and O–H groups in total. The average molecular weight is 345 g/mol. The van der Waals surface area contributed by atoms with Gasteiger partial charge in [0.1, 0.15) is 0 Å². The monoisotopic (exact) mass is 343 g/mol. The van der Waals surface area contributed by atoms with Crippen LogP contribution in [0, 0.1) is 5.92 Å². The molecule has 1 nitrogen and oxygen atoms in total. The molecule has 1 aliphatic carbocycles. The lowest BCUT2D eigenvalue weighted by molar-refractivity contribution is -0.137. The second kappa shape index (κ2) is 5.80. The van der Waals surface area contributed by atoms with Crippen LogP contribution in [0.3, 0.4) is 0 Å². The van der Waals surface area contributed by atoms with Gasteiger partial charge in [-0.05, 0) is 36.1 Å². The molecule has 1 fully saturated rings. The predicted octanol–water partition coefficient (Wildman–Crippen LogP) is 4.69. The fourth-order valence-electron chi connectivity index (χ4n) is 1.84. The van der Waals surface area contributed by atoms with Crippen molar-refractivity contribution in [1.82, 2.24) is 0 Å².